The number of halogens is 1. The van der Waals surface area contributed by atoms with E-state index >= 15 is 0 Å². The fourth-order valence-electron chi connectivity index (χ4n) is 2.27. The summed E-state index contributed by atoms with van der Waals surface area (Å²) >= 11 is 6.22. The first kappa shape index (κ1) is 14.3. The van der Waals surface area contributed by atoms with Crippen molar-refractivity contribution in [2.24, 2.45) is 0 Å². The van der Waals surface area contributed by atoms with Gasteiger partial charge in [-0.3, -0.25) is 4.90 Å². The van der Waals surface area contributed by atoms with Crippen molar-refractivity contribution >= 4 is 23.4 Å². The quantitative estimate of drug-likeness (QED) is 0.917. The summed E-state index contributed by atoms with van der Waals surface area (Å²) in [4.78, 5) is 13.4. The van der Waals surface area contributed by atoms with Crippen LogP contribution < -0.4 is 10.2 Å². The summed E-state index contributed by atoms with van der Waals surface area (Å²) in [6.45, 7) is 11.3. The fraction of sp³-hybridized carbons (Fsp3) is 0.692. The van der Waals surface area contributed by atoms with E-state index in [0.717, 1.165) is 38.5 Å². The van der Waals surface area contributed by atoms with Crippen LogP contribution in [0.1, 0.15) is 20.8 Å². The monoisotopic (exact) mass is 283 g/mol. The number of aromatic nitrogens is 2. The van der Waals surface area contributed by atoms with Crippen molar-refractivity contribution in [1.29, 1.82) is 0 Å². The van der Waals surface area contributed by atoms with E-state index in [0.29, 0.717) is 17.0 Å². The second kappa shape index (κ2) is 6.39. The van der Waals surface area contributed by atoms with Gasteiger partial charge in [0.25, 0.3) is 0 Å². The third-order valence-corrected chi connectivity index (χ3v) is 3.67. The number of anilines is 2. The molecule has 2 heterocycles. The number of nitrogens with zero attached hydrogens (tertiary/aromatic N) is 4. The van der Waals surface area contributed by atoms with Gasteiger partial charge in [-0.2, -0.15) is 4.98 Å². The molecule has 6 heteroatoms. The first-order valence-electron chi connectivity index (χ1n) is 6.87. The van der Waals surface area contributed by atoms with Gasteiger partial charge < -0.3 is 10.2 Å². The van der Waals surface area contributed by atoms with Crippen molar-refractivity contribution in [3.8, 4) is 0 Å². The van der Waals surface area contributed by atoms with Gasteiger partial charge in [-0.25, -0.2) is 4.98 Å². The second-order valence-corrected chi connectivity index (χ2v) is 5.42. The number of hydrogen-bond acceptors (Lipinski definition) is 5. The molecule has 0 aliphatic carbocycles. The molecule has 1 aliphatic heterocycles. The highest BCUT2D eigenvalue weighted by molar-refractivity contribution is 6.32. The highest BCUT2D eigenvalue weighted by Crippen LogP contribution is 2.25. The standard InChI is InChI=1S/C13H22ClN5/c1-4-15-13-16-9-11(14)12(17-13)19-7-5-18(6-8-19)10(2)3/h9-10H,4-8H2,1-3H3,(H,15,16,17). The zero-order chi connectivity index (χ0) is 13.8. The number of piperazine rings is 1. The maximum Gasteiger partial charge on any atom is 0.224 e. The third kappa shape index (κ3) is 3.48. The topological polar surface area (TPSA) is 44.3 Å². The smallest absolute Gasteiger partial charge is 0.224 e. The average Bonchev–Trinajstić information content (AvgIpc) is 2.41. The number of hydrogen-bond donors (Lipinski definition) is 1. The van der Waals surface area contributed by atoms with E-state index in [-0.39, 0.29) is 0 Å². The lowest BCUT2D eigenvalue weighted by Gasteiger charge is -2.37. The normalized spacial score (nSPS) is 17.0. The van der Waals surface area contributed by atoms with Crippen molar-refractivity contribution in [3.63, 3.8) is 0 Å². The van der Waals surface area contributed by atoms with Crippen LogP contribution in [0.15, 0.2) is 6.20 Å². The van der Waals surface area contributed by atoms with Gasteiger partial charge in [-0.05, 0) is 20.8 Å². The van der Waals surface area contributed by atoms with Gasteiger partial charge in [0.15, 0.2) is 5.82 Å². The van der Waals surface area contributed by atoms with Gasteiger partial charge in [0, 0.05) is 38.8 Å². The Morgan fingerprint density at radius 2 is 2.00 bits per heavy atom. The molecule has 0 radical (unpaired) electrons. The molecule has 0 spiro atoms. The summed E-state index contributed by atoms with van der Waals surface area (Å²) in [5.74, 6) is 1.49. The van der Waals surface area contributed by atoms with Gasteiger partial charge in [-0.1, -0.05) is 11.6 Å². The molecule has 0 bridgehead atoms. The molecule has 0 amide bonds. The molecule has 0 atom stereocenters. The molecule has 1 aromatic rings. The largest absolute Gasteiger partial charge is 0.354 e. The number of nitrogens with one attached hydrogen (secondary N) is 1. The van der Waals surface area contributed by atoms with Gasteiger partial charge in [0.2, 0.25) is 5.95 Å². The maximum absolute atomic E-state index is 6.22. The molecule has 106 valence electrons. The van der Waals surface area contributed by atoms with E-state index < -0.39 is 0 Å². The van der Waals surface area contributed by atoms with Gasteiger partial charge in [0.05, 0.1) is 6.20 Å². The van der Waals surface area contributed by atoms with Gasteiger partial charge >= 0.3 is 0 Å². The molecule has 19 heavy (non-hydrogen) atoms. The highest BCUT2D eigenvalue weighted by Gasteiger charge is 2.21. The summed E-state index contributed by atoms with van der Waals surface area (Å²) in [6.07, 6.45) is 1.68. The Morgan fingerprint density at radius 3 is 2.58 bits per heavy atom. The third-order valence-electron chi connectivity index (χ3n) is 3.40. The van der Waals surface area contributed by atoms with E-state index in [4.69, 9.17) is 11.6 Å². The summed E-state index contributed by atoms with van der Waals surface area (Å²) in [5, 5.41) is 3.75. The summed E-state index contributed by atoms with van der Waals surface area (Å²) < 4.78 is 0. The molecule has 1 N–H and O–H groups in total. The summed E-state index contributed by atoms with van der Waals surface area (Å²) in [6, 6.07) is 0.598. The van der Waals surface area contributed by atoms with Crippen molar-refractivity contribution in [3.05, 3.63) is 11.2 Å². The lowest BCUT2D eigenvalue weighted by atomic mass is 10.2. The Balaban J connectivity index is 2.08. The number of rotatable bonds is 4. The molecule has 0 aromatic carbocycles. The molecule has 2 rings (SSSR count). The van der Waals surface area contributed by atoms with E-state index in [2.05, 4.69) is 38.9 Å². The molecule has 1 saturated heterocycles. The van der Waals surface area contributed by atoms with Crippen LogP contribution in [0.5, 0.6) is 0 Å². The van der Waals surface area contributed by atoms with Crippen LogP contribution >= 0.6 is 11.6 Å². The molecular formula is C13H22ClN5. The Kier molecular flexibility index (Phi) is 4.82. The van der Waals surface area contributed by atoms with E-state index in [1.807, 2.05) is 6.92 Å². The first-order valence-corrected chi connectivity index (χ1v) is 7.25. The van der Waals surface area contributed by atoms with Crippen molar-refractivity contribution < 1.29 is 0 Å². The van der Waals surface area contributed by atoms with Crippen molar-refractivity contribution in [2.75, 3.05) is 42.9 Å². The van der Waals surface area contributed by atoms with Crippen LogP contribution in [-0.2, 0) is 0 Å². The van der Waals surface area contributed by atoms with Gasteiger partial charge in [-0.15, -0.1) is 0 Å². The highest BCUT2D eigenvalue weighted by atomic mass is 35.5. The SMILES string of the molecule is CCNc1ncc(Cl)c(N2CCN(C(C)C)CC2)n1. The lowest BCUT2D eigenvalue weighted by Crippen LogP contribution is -2.49. The fourth-order valence-corrected chi connectivity index (χ4v) is 2.48. The van der Waals surface area contributed by atoms with Crippen molar-refractivity contribution in [2.45, 2.75) is 26.8 Å². The predicted octanol–water partition coefficient (Wildman–Crippen LogP) is 2.09. The summed E-state index contributed by atoms with van der Waals surface area (Å²) in [7, 11) is 0. The Hall–Kier alpha value is -1.07. The average molecular weight is 284 g/mol. The Bertz CT molecular complexity index is 415. The Labute approximate surface area is 120 Å². The minimum Gasteiger partial charge on any atom is -0.354 e. The van der Waals surface area contributed by atoms with Crippen LogP contribution in [0.3, 0.4) is 0 Å². The first-order chi connectivity index (χ1) is 9.11. The second-order valence-electron chi connectivity index (χ2n) is 5.01. The summed E-state index contributed by atoms with van der Waals surface area (Å²) in [5.41, 5.74) is 0. The van der Waals surface area contributed by atoms with E-state index in [1.165, 1.54) is 0 Å². The molecule has 0 unspecified atom stereocenters. The molecule has 1 aliphatic rings. The minimum atomic E-state index is 0.598. The van der Waals surface area contributed by atoms with E-state index in [1.54, 1.807) is 6.20 Å². The lowest BCUT2D eigenvalue weighted by molar-refractivity contribution is 0.209. The molecule has 1 fully saturated rings. The van der Waals surface area contributed by atoms with Crippen LogP contribution in [0.4, 0.5) is 11.8 Å². The van der Waals surface area contributed by atoms with Crippen LogP contribution in [0.25, 0.3) is 0 Å². The molecule has 0 saturated carbocycles. The van der Waals surface area contributed by atoms with E-state index in [9.17, 15) is 0 Å². The zero-order valence-electron chi connectivity index (χ0n) is 11.9. The molecule has 1 aromatic heterocycles. The Morgan fingerprint density at radius 1 is 1.32 bits per heavy atom. The van der Waals surface area contributed by atoms with Crippen molar-refractivity contribution in [1.82, 2.24) is 14.9 Å². The zero-order valence-corrected chi connectivity index (χ0v) is 12.6. The molecule has 5 nitrogen and oxygen atoms in total. The maximum atomic E-state index is 6.22. The van der Waals surface area contributed by atoms with Crippen LogP contribution in [0, 0.1) is 0 Å². The van der Waals surface area contributed by atoms with Crippen LogP contribution in [-0.4, -0.2) is 53.6 Å². The van der Waals surface area contributed by atoms with Gasteiger partial charge in [0.1, 0.15) is 5.02 Å². The predicted molar refractivity (Wildman–Crippen MR) is 80.1 cm³/mol. The molecular weight excluding hydrogens is 262 g/mol. The van der Waals surface area contributed by atoms with Crippen LogP contribution in [0.2, 0.25) is 5.02 Å². The minimum absolute atomic E-state index is 0.598.